The molecule has 0 radical (unpaired) electrons. The lowest BCUT2D eigenvalue weighted by atomic mass is 10.1. The molecule has 1 saturated heterocycles. The SMILES string of the molecule is Cc1cnn(C2CCN(C(=O)c3cccc4c3OCCO4)C2)c1. The van der Waals surface area contributed by atoms with Crippen LogP contribution in [0.5, 0.6) is 11.5 Å². The van der Waals surface area contributed by atoms with Gasteiger partial charge >= 0.3 is 0 Å². The predicted molar refractivity (Wildman–Crippen MR) is 84.0 cm³/mol. The van der Waals surface area contributed by atoms with Gasteiger partial charge in [0.2, 0.25) is 0 Å². The Morgan fingerprint density at radius 3 is 3.00 bits per heavy atom. The number of ether oxygens (including phenoxy) is 2. The minimum absolute atomic E-state index is 0.00118. The van der Waals surface area contributed by atoms with E-state index in [4.69, 9.17) is 9.47 Å². The Hall–Kier alpha value is -2.50. The quantitative estimate of drug-likeness (QED) is 0.851. The molecule has 120 valence electrons. The lowest BCUT2D eigenvalue weighted by Gasteiger charge is -2.23. The maximum absolute atomic E-state index is 12.9. The Morgan fingerprint density at radius 1 is 1.30 bits per heavy atom. The van der Waals surface area contributed by atoms with Crippen molar-refractivity contribution in [3.05, 3.63) is 41.7 Å². The van der Waals surface area contributed by atoms with Gasteiger partial charge in [-0.1, -0.05) is 6.07 Å². The van der Waals surface area contributed by atoms with Gasteiger partial charge in [-0.15, -0.1) is 0 Å². The van der Waals surface area contributed by atoms with Gasteiger partial charge in [-0.05, 0) is 31.0 Å². The molecule has 0 spiro atoms. The summed E-state index contributed by atoms with van der Waals surface area (Å²) in [7, 11) is 0. The highest BCUT2D eigenvalue weighted by Crippen LogP contribution is 2.35. The lowest BCUT2D eigenvalue weighted by molar-refractivity contribution is 0.0776. The van der Waals surface area contributed by atoms with E-state index in [-0.39, 0.29) is 11.9 Å². The predicted octanol–water partition coefficient (Wildman–Crippen LogP) is 2.05. The molecule has 1 aromatic heterocycles. The molecule has 3 heterocycles. The number of likely N-dealkylation sites (tertiary alicyclic amines) is 1. The van der Waals surface area contributed by atoms with E-state index in [0.29, 0.717) is 36.8 Å². The van der Waals surface area contributed by atoms with Crippen LogP contribution < -0.4 is 9.47 Å². The van der Waals surface area contributed by atoms with E-state index < -0.39 is 0 Å². The molecule has 0 saturated carbocycles. The first kappa shape index (κ1) is 14.1. The number of carbonyl (C=O) groups excluding carboxylic acids is 1. The molecule has 2 aliphatic heterocycles. The number of benzene rings is 1. The van der Waals surface area contributed by atoms with Gasteiger partial charge in [0, 0.05) is 19.3 Å². The molecule has 1 unspecified atom stereocenters. The molecule has 2 aromatic rings. The molecule has 23 heavy (non-hydrogen) atoms. The van der Waals surface area contributed by atoms with Gasteiger partial charge in [-0.3, -0.25) is 9.48 Å². The van der Waals surface area contributed by atoms with E-state index >= 15 is 0 Å². The minimum atomic E-state index is -0.00118. The molecule has 0 bridgehead atoms. The number of aromatic nitrogens is 2. The number of amides is 1. The average Bonchev–Trinajstić information content (AvgIpc) is 3.22. The van der Waals surface area contributed by atoms with E-state index in [0.717, 1.165) is 18.5 Å². The van der Waals surface area contributed by atoms with Gasteiger partial charge in [0.1, 0.15) is 13.2 Å². The molecule has 1 aromatic carbocycles. The smallest absolute Gasteiger partial charge is 0.257 e. The monoisotopic (exact) mass is 313 g/mol. The highest BCUT2D eigenvalue weighted by molar-refractivity contribution is 5.98. The van der Waals surface area contributed by atoms with Crippen LogP contribution in [0, 0.1) is 6.92 Å². The second kappa shape index (κ2) is 5.61. The van der Waals surface area contributed by atoms with Crippen molar-refractivity contribution in [1.29, 1.82) is 0 Å². The zero-order valence-corrected chi connectivity index (χ0v) is 13.1. The van der Waals surface area contributed by atoms with Crippen molar-refractivity contribution in [2.45, 2.75) is 19.4 Å². The second-order valence-corrected chi connectivity index (χ2v) is 6.02. The molecule has 0 N–H and O–H groups in total. The standard InChI is InChI=1S/C17H19N3O3/c1-12-9-18-20(10-12)13-5-6-19(11-13)17(21)14-3-2-4-15-16(14)23-8-7-22-15/h2-4,9-10,13H,5-8,11H2,1H3. The van der Waals surface area contributed by atoms with Crippen LogP contribution in [0.25, 0.3) is 0 Å². The number of carbonyl (C=O) groups is 1. The topological polar surface area (TPSA) is 56.6 Å². The summed E-state index contributed by atoms with van der Waals surface area (Å²) in [5.74, 6) is 1.22. The third-order valence-electron chi connectivity index (χ3n) is 4.35. The fraction of sp³-hybridized carbons (Fsp3) is 0.412. The normalized spacial score (nSPS) is 19.9. The van der Waals surface area contributed by atoms with Crippen molar-refractivity contribution in [3.63, 3.8) is 0 Å². The summed E-state index contributed by atoms with van der Waals surface area (Å²) in [6.45, 7) is 4.42. The first-order valence-electron chi connectivity index (χ1n) is 7.91. The Labute approximate surface area is 134 Å². The van der Waals surface area contributed by atoms with Gasteiger partial charge in [-0.2, -0.15) is 5.10 Å². The summed E-state index contributed by atoms with van der Waals surface area (Å²) >= 11 is 0. The first-order chi connectivity index (χ1) is 11.2. The number of para-hydroxylation sites is 1. The molecular formula is C17H19N3O3. The van der Waals surface area contributed by atoms with Gasteiger partial charge in [-0.25, -0.2) is 0 Å². The average molecular weight is 313 g/mol. The third kappa shape index (κ3) is 2.54. The number of hydrogen-bond donors (Lipinski definition) is 0. The van der Waals surface area contributed by atoms with Crippen molar-refractivity contribution in [3.8, 4) is 11.5 Å². The lowest BCUT2D eigenvalue weighted by Crippen LogP contribution is -2.30. The number of nitrogens with zero attached hydrogens (tertiary/aromatic N) is 3. The molecule has 1 atom stereocenters. The van der Waals surface area contributed by atoms with Gasteiger partial charge in [0.25, 0.3) is 5.91 Å². The summed E-state index contributed by atoms with van der Waals surface area (Å²) in [5.41, 5.74) is 1.72. The molecule has 4 rings (SSSR count). The summed E-state index contributed by atoms with van der Waals surface area (Å²) in [6.07, 6.45) is 4.79. The van der Waals surface area contributed by atoms with Crippen LogP contribution in [0.1, 0.15) is 28.4 Å². The first-order valence-corrected chi connectivity index (χ1v) is 7.91. The fourth-order valence-corrected chi connectivity index (χ4v) is 3.19. The molecular weight excluding hydrogens is 294 g/mol. The molecule has 1 fully saturated rings. The second-order valence-electron chi connectivity index (χ2n) is 6.02. The van der Waals surface area contributed by atoms with Crippen LogP contribution in [0.2, 0.25) is 0 Å². The third-order valence-corrected chi connectivity index (χ3v) is 4.35. The Bertz CT molecular complexity index is 740. The van der Waals surface area contributed by atoms with Crippen molar-refractivity contribution in [1.82, 2.24) is 14.7 Å². The number of rotatable bonds is 2. The molecule has 2 aliphatic rings. The molecule has 6 heteroatoms. The number of aryl methyl sites for hydroxylation is 1. The van der Waals surface area contributed by atoms with E-state index in [9.17, 15) is 4.79 Å². The maximum Gasteiger partial charge on any atom is 0.257 e. The van der Waals surface area contributed by atoms with Gasteiger partial charge < -0.3 is 14.4 Å². The van der Waals surface area contributed by atoms with Gasteiger partial charge in [0.15, 0.2) is 11.5 Å². The van der Waals surface area contributed by atoms with E-state index in [1.54, 1.807) is 6.07 Å². The fourth-order valence-electron chi connectivity index (χ4n) is 3.19. The number of fused-ring (bicyclic) bond motifs is 1. The van der Waals surface area contributed by atoms with Gasteiger partial charge in [0.05, 0.1) is 17.8 Å². The maximum atomic E-state index is 12.9. The van der Waals surface area contributed by atoms with E-state index in [1.807, 2.05) is 41.0 Å². The minimum Gasteiger partial charge on any atom is -0.486 e. The van der Waals surface area contributed by atoms with Crippen LogP contribution in [0.15, 0.2) is 30.6 Å². The highest BCUT2D eigenvalue weighted by atomic mass is 16.6. The molecule has 0 aliphatic carbocycles. The number of hydrogen-bond acceptors (Lipinski definition) is 4. The largest absolute Gasteiger partial charge is 0.486 e. The summed E-state index contributed by atoms with van der Waals surface area (Å²) in [4.78, 5) is 14.7. The van der Waals surface area contributed by atoms with Crippen LogP contribution in [0.4, 0.5) is 0 Å². The summed E-state index contributed by atoms with van der Waals surface area (Å²) < 4.78 is 13.2. The van der Waals surface area contributed by atoms with Crippen LogP contribution in [-0.4, -0.2) is 46.9 Å². The zero-order valence-electron chi connectivity index (χ0n) is 13.1. The summed E-state index contributed by atoms with van der Waals surface area (Å²) in [5, 5.41) is 4.37. The van der Waals surface area contributed by atoms with Crippen LogP contribution in [-0.2, 0) is 0 Å². The Balaban J connectivity index is 1.54. The Morgan fingerprint density at radius 2 is 2.17 bits per heavy atom. The van der Waals surface area contributed by atoms with E-state index in [1.165, 1.54) is 0 Å². The molecule has 6 nitrogen and oxygen atoms in total. The van der Waals surface area contributed by atoms with E-state index in [2.05, 4.69) is 5.10 Å². The van der Waals surface area contributed by atoms with Crippen molar-refractivity contribution >= 4 is 5.91 Å². The summed E-state index contributed by atoms with van der Waals surface area (Å²) in [6, 6.07) is 5.72. The Kier molecular flexibility index (Phi) is 3.44. The van der Waals surface area contributed by atoms with Crippen LogP contribution >= 0.6 is 0 Å². The highest BCUT2D eigenvalue weighted by Gasteiger charge is 2.31. The van der Waals surface area contributed by atoms with Crippen molar-refractivity contribution < 1.29 is 14.3 Å². The van der Waals surface area contributed by atoms with Crippen molar-refractivity contribution in [2.75, 3.05) is 26.3 Å². The van der Waals surface area contributed by atoms with Crippen molar-refractivity contribution in [2.24, 2.45) is 0 Å². The molecule has 1 amide bonds. The zero-order chi connectivity index (χ0) is 15.8. The van der Waals surface area contributed by atoms with Crippen LogP contribution in [0.3, 0.4) is 0 Å².